The Hall–Kier alpha value is -1.62. The second kappa shape index (κ2) is 6.71. The van der Waals surface area contributed by atoms with E-state index in [9.17, 15) is 0 Å². The largest absolute Gasteiger partial charge is 0.356 e. The number of hydrogen-bond donors (Lipinski definition) is 1. The summed E-state index contributed by atoms with van der Waals surface area (Å²) >= 11 is 0. The lowest BCUT2D eigenvalue weighted by molar-refractivity contribution is 0.186. The Morgan fingerprint density at radius 1 is 1.17 bits per heavy atom. The third-order valence-electron chi connectivity index (χ3n) is 5.98. The van der Waals surface area contributed by atoms with Gasteiger partial charge in [0.1, 0.15) is 0 Å². The monoisotopic (exact) mass is 328 g/mol. The molecule has 0 radical (unpaired) electrons. The van der Waals surface area contributed by atoms with Gasteiger partial charge in [-0.2, -0.15) is 5.10 Å². The van der Waals surface area contributed by atoms with Gasteiger partial charge in [0.2, 0.25) is 0 Å². The number of aryl methyl sites for hydroxylation is 1. The molecule has 5 heteroatoms. The molecule has 1 atom stereocenters. The van der Waals surface area contributed by atoms with Gasteiger partial charge in [-0.3, -0.25) is 10.00 Å². The van der Waals surface area contributed by atoms with E-state index in [2.05, 4.69) is 27.2 Å². The molecule has 1 saturated heterocycles. The zero-order valence-electron chi connectivity index (χ0n) is 14.8. The summed E-state index contributed by atoms with van der Waals surface area (Å²) in [6.45, 7) is 6.50. The lowest BCUT2D eigenvalue weighted by Gasteiger charge is -2.30. The van der Waals surface area contributed by atoms with Crippen LogP contribution in [-0.2, 0) is 0 Å². The van der Waals surface area contributed by atoms with E-state index in [1.807, 2.05) is 13.1 Å². The maximum Gasteiger partial charge on any atom is 0.173 e. The Balaban J connectivity index is 1.57. The molecule has 0 bridgehead atoms. The van der Waals surface area contributed by atoms with E-state index < -0.39 is 0 Å². The maximum atomic E-state index is 5.60. The molecule has 0 spiro atoms. The summed E-state index contributed by atoms with van der Waals surface area (Å²) in [5.74, 6) is 1.75. The van der Waals surface area contributed by atoms with E-state index >= 15 is 0 Å². The highest BCUT2D eigenvalue weighted by molar-refractivity contribution is 5.64. The molecule has 4 rings (SSSR count). The smallest absolute Gasteiger partial charge is 0.173 e. The van der Waals surface area contributed by atoms with Crippen molar-refractivity contribution in [2.45, 2.75) is 64.8 Å². The van der Waals surface area contributed by atoms with Crippen molar-refractivity contribution in [3.8, 4) is 11.3 Å². The average molecular weight is 328 g/mol. The van der Waals surface area contributed by atoms with Crippen molar-refractivity contribution in [3.63, 3.8) is 0 Å². The van der Waals surface area contributed by atoms with Crippen LogP contribution in [0, 0.1) is 19.8 Å². The maximum absolute atomic E-state index is 5.60. The number of nitrogens with zero attached hydrogens (tertiary/aromatic N) is 3. The zero-order chi connectivity index (χ0) is 16.5. The van der Waals surface area contributed by atoms with E-state index in [0.717, 1.165) is 28.5 Å². The molecule has 130 valence electrons. The van der Waals surface area contributed by atoms with Gasteiger partial charge in [0.05, 0.1) is 29.2 Å². The summed E-state index contributed by atoms with van der Waals surface area (Å²) in [4.78, 5) is 2.67. The van der Waals surface area contributed by atoms with Crippen LogP contribution in [0.1, 0.15) is 67.9 Å². The Kier molecular flexibility index (Phi) is 4.44. The predicted molar refractivity (Wildman–Crippen MR) is 93.7 cm³/mol. The molecular weight excluding hydrogens is 300 g/mol. The third kappa shape index (κ3) is 2.90. The molecule has 1 saturated carbocycles. The van der Waals surface area contributed by atoms with E-state index in [0.29, 0.717) is 6.04 Å². The van der Waals surface area contributed by atoms with Crippen LogP contribution in [0.4, 0.5) is 0 Å². The standard InChI is InChI=1S/C19H28N4O/c1-13-14(2)22-24-19(13)16-11-20-21-18(16)17-9-6-10-23(17)12-15-7-4-3-5-8-15/h11,15,17H,3-10,12H2,1-2H3,(H,20,21). The molecule has 2 fully saturated rings. The number of rotatable bonds is 4. The molecule has 1 aliphatic carbocycles. The first-order chi connectivity index (χ1) is 11.7. The van der Waals surface area contributed by atoms with Gasteiger partial charge in [-0.1, -0.05) is 24.4 Å². The van der Waals surface area contributed by atoms with Crippen molar-refractivity contribution < 1.29 is 4.52 Å². The SMILES string of the molecule is Cc1noc(-c2cn[nH]c2C2CCCN2CC2CCCCC2)c1C. The van der Waals surface area contributed by atoms with Crippen LogP contribution >= 0.6 is 0 Å². The molecule has 2 aromatic heterocycles. The van der Waals surface area contributed by atoms with E-state index in [1.165, 1.54) is 63.7 Å². The summed E-state index contributed by atoms with van der Waals surface area (Å²) in [6.07, 6.45) is 11.4. The first-order valence-electron chi connectivity index (χ1n) is 9.44. The van der Waals surface area contributed by atoms with Gasteiger partial charge in [-0.05, 0) is 52.0 Å². The van der Waals surface area contributed by atoms with Crippen LogP contribution in [0.25, 0.3) is 11.3 Å². The first kappa shape index (κ1) is 15.9. The summed E-state index contributed by atoms with van der Waals surface area (Å²) in [5, 5.41) is 11.7. The van der Waals surface area contributed by atoms with E-state index in [4.69, 9.17) is 4.52 Å². The second-order valence-electron chi connectivity index (χ2n) is 7.58. The Morgan fingerprint density at radius 2 is 2.00 bits per heavy atom. The van der Waals surface area contributed by atoms with Crippen LogP contribution < -0.4 is 0 Å². The van der Waals surface area contributed by atoms with Crippen molar-refractivity contribution in [2.24, 2.45) is 5.92 Å². The molecule has 1 unspecified atom stereocenters. The predicted octanol–water partition coefficient (Wildman–Crippen LogP) is 4.40. The summed E-state index contributed by atoms with van der Waals surface area (Å²) in [6, 6.07) is 0.439. The zero-order valence-corrected chi connectivity index (χ0v) is 14.8. The van der Waals surface area contributed by atoms with Crippen molar-refractivity contribution in [1.82, 2.24) is 20.3 Å². The quantitative estimate of drug-likeness (QED) is 0.904. The minimum atomic E-state index is 0.439. The highest BCUT2D eigenvalue weighted by Gasteiger charge is 2.32. The molecule has 1 aliphatic heterocycles. The minimum Gasteiger partial charge on any atom is -0.356 e. The Morgan fingerprint density at radius 3 is 2.75 bits per heavy atom. The average Bonchev–Trinajstić information content (AvgIpc) is 3.30. The van der Waals surface area contributed by atoms with Crippen molar-refractivity contribution in [1.29, 1.82) is 0 Å². The van der Waals surface area contributed by atoms with Gasteiger partial charge in [0.25, 0.3) is 0 Å². The molecule has 2 aromatic rings. The highest BCUT2D eigenvalue weighted by atomic mass is 16.5. The van der Waals surface area contributed by atoms with Gasteiger partial charge in [-0.15, -0.1) is 0 Å². The number of aromatic amines is 1. The molecule has 2 aliphatic rings. The summed E-state index contributed by atoms with van der Waals surface area (Å²) in [7, 11) is 0. The van der Waals surface area contributed by atoms with Crippen LogP contribution in [0.2, 0.25) is 0 Å². The second-order valence-corrected chi connectivity index (χ2v) is 7.58. The van der Waals surface area contributed by atoms with Crippen molar-refractivity contribution in [3.05, 3.63) is 23.1 Å². The summed E-state index contributed by atoms with van der Waals surface area (Å²) < 4.78 is 5.60. The van der Waals surface area contributed by atoms with Gasteiger partial charge in [0, 0.05) is 12.1 Å². The molecule has 5 nitrogen and oxygen atoms in total. The van der Waals surface area contributed by atoms with Crippen molar-refractivity contribution >= 4 is 0 Å². The number of hydrogen-bond acceptors (Lipinski definition) is 4. The lowest BCUT2D eigenvalue weighted by Crippen LogP contribution is -2.30. The molecule has 24 heavy (non-hydrogen) atoms. The molecule has 3 heterocycles. The van der Waals surface area contributed by atoms with Crippen LogP contribution in [0.15, 0.2) is 10.7 Å². The van der Waals surface area contributed by atoms with Gasteiger partial charge < -0.3 is 4.52 Å². The fourth-order valence-corrected chi connectivity index (χ4v) is 4.47. The van der Waals surface area contributed by atoms with Crippen LogP contribution in [0.5, 0.6) is 0 Å². The molecule has 0 aromatic carbocycles. The number of likely N-dealkylation sites (tertiary alicyclic amines) is 1. The normalized spacial score (nSPS) is 23.2. The Labute approximate surface area is 143 Å². The fourth-order valence-electron chi connectivity index (χ4n) is 4.47. The van der Waals surface area contributed by atoms with Crippen LogP contribution in [-0.4, -0.2) is 33.3 Å². The van der Waals surface area contributed by atoms with E-state index in [-0.39, 0.29) is 0 Å². The third-order valence-corrected chi connectivity index (χ3v) is 5.98. The molecule has 0 amide bonds. The van der Waals surface area contributed by atoms with Crippen LogP contribution in [0.3, 0.4) is 0 Å². The van der Waals surface area contributed by atoms with E-state index in [1.54, 1.807) is 0 Å². The first-order valence-corrected chi connectivity index (χ1v) is 9.44. The molecular formula is C19H28N4O. The number of nitrogens with one attached hydrogen (secondary N) is 1. The van der Waals surface area contributed by atoms with Gasteiger partial charge >= 0.3 is 0 Å². The molecule has 1 N–H and O–H groups in total. The van der Waals surface area contributed by atoms with Crippen molar-refractivity contribution in [2.75, 3.05) is 13.1 Å². The highest BCUT2D eigenvalue weighted by Crippen LogP contribution is 2.39. The lowest BCUT2D eigenvalue weighted by atomic mass is 9.88. The summed E-state index contributed by atoms with van der Waals surface area (Å²) in [5.41, 5.74) is 4.38. The fraction of sp³-hybridized carbons (Fsp3) is 0.684. The van der Waals surface area contributed by atoms with Gasteiger partial charge in [0.15, 0.2) is 5.76 Å². The topological polar surface area (TPSA) is 58.0 Å². The van der Waals surface area contributed by atoms with Gasteiger partial charge in [-0.25, -0.2) is 0 Å². The minimum absolute atomic E-state index is 0.439. The number of aromatic nitrogens is 3. The Bertz CT molecular complexity index is 683. The number of H-pyrrole nitrogens is 1.